The van der Waals surface area contributed by atoms with Gasteiger partial charge in [0, 0.05) is 18.2 Å². The van der Waals surface area contributed by atoms with Gasteiger partial charge in [0.1, 0.15) is 12.7 Å². The van der Waals surface area contributed by atoms with E-state index in [2.05, 4.69) is 5.32 Å². The van der Waals surface area contributed by atoms with Crippen LogP contribution in [0.25, 0.3) is 6.08 Å². The Balaban J connectivity index is 1.40. The van der Waals surface area contributed by atoms with Gasteiger partial charge in [-0.15, -0.1) is 0 Å². The molecule has 1 amide bonds. The Hall–Kier alpha value is -3.88. The molecule has 2 aromatic carbocycles. The fourth-order valence-electron chi connectivity index (χ4n) is 2.53. The molecular formula is C20H18N2O7. The van der Waals surface area contributed by atoms with Crippen molar-refractivity contribution in [1.82, 2.24) is 5.32 Å². The van der Waals surface area contributed by atoms with Gasteiger partial charge in [0.2, 0.25) is 0 Å². The van der Waals surface area contributed by atoms with E-state index in [9.17, 15) is 19.7 Å². The van der Waals surface area contributed by atoms with Crippen molar-refractivity contribution >= 4 is 23.6 Å². The SMILES string of the molecule is O=C(COC(=O)/C=C/c1cccc([N+](=O)[O-])c1)NC[C@@H]1COc2ccccc2O1. The normalized spacial score (nSPS) is 15.0. The molecule has 9 heteroatoms. The molecule has 29 heavy (non-hydrogen) atoms. The average Bonchev–Trinajstić information content (AvgIpc) is 2.74. The highest BCUT2D eigenvalue weighted by molar-refractivity contribution is 5.89. The number of nitro benzene ring substituents is 1. The first-order chi connectivity index (χ1) is 14.0. The van der Waals surface area contributed by atoms with Gasteiger partial charge in [0.15, 0.2) is 18.1 Å². The van der Waals surface area contributed by atoms with Gasteiger partial charge >= 0.3 is 5.97 Å². The van der Waals surface area contributed by atoms with Crippen molar-refractivity contribution in [2.45, 2.75) is 6.10 Å². The van der Waals surface area contributed by atoms with Crippen molar-refractivity contribution in [3.05, 3.63) is 70.3 Å². The summed E-state index contributed by atoms with van der Waals surface area (Å²) in [5.41, 5.74) is 0.381. The van der Waals surface area contributed by atoms with Crippen LogP contribution < -0.4 is 14.8 Å². The highest BCUT2D eigenvalue weighted by atomic mass is 16.6. The number of fused-ring (bicyclic) bond motifs is 1. The van der Waals surface area contributed by atoms with Crippen LogP contribution in [-0.2, 0) is 14.3 Å². The van der Waals surface area contributed by atoms with Crippen LogP contribution in [-0.4, -0.2) is 42.7 Å². The van der Waals surface area contributed by atoms with Crippen LogP contribution in [0.15, 0.2) is 54.6 Å². The van der Waals surface area contributed by atoms with Gasteiger partial charge in [-0.1, -0.05) is 24.3 Å². The summed E-state index contributed by atoms with van der Waals surface area (Å²) in [6.07, 6.45) is 2.12. The van der Waals surface area contributed by atoms with Gasteiger partial charge in [0.05, 0.1) is 11.5 Å². The van der Waals surface area contributed by atoms with Crippen LogP contribution in [0.4, 0.5) is 5.69 Å². The topological polar surface area (TPSA) is 117 Å². The molecule has 0 radical (unpaired) electrons. The first-order valence-electron chi connectivity index (χ1n) is 8.76. The first-order valence-corrected chi connectivity index (χ1v) is 8.76. The number of para-hydroxylation sites is 2. The smallest absolute Gasteiger partial charge is 0.331 e. The molecular weight excluding hydrogens is 380 g/mol. The molecule has 0 fully saturated rings. The Bertz CT molecular complexity index is 942. The number of benzene rings is 2. The first kappa shape index (κ1) is 19.9. The number of esters is 1. The summed E-state index contributed by atoms with van der Waals surface area (Å²) in [4.78, 5) is 33.8. The van der Waals surface area contributed by atoms with E-state index in [1.165, 1.54) is 24.3 Å². The van der Waals surface area contributed by atoms with E-state index in [1.807, 2.05) is 12.1 Å². The van der Waals surface area contributed by atoms with Crippen LogP contribution in [0.3, 0.4) is 0 Å². The lowest BCUT2D eigenvalue weighted by molar-refractivity contribution is -0.384. The molecule has 0 aromatic heterocycles. The maximum Gasteiger partial charge on any atom is 0.331 e. The molecule has 150 valence electrons. The van der Waals surface area contributed by atoms with Crippen molar-refractivity contribution in [1.29, 1.82) is 0 Å². The number of amides is 1. The summed E-state index contributed by atoms with van der Waals surface area (Å²) in [6.45, 7) is 0.0412. The number of nitrogens with zero attached hydrogens (tertiary/aromatic N) is 1. The number of non-ortho nitro benzene ring substituents is 1. The number of hydrogen-bond acceptors (Lipinski definition) is 7. The van der Waals surface area contributed by atoms with E-state index in [-0.39, 0.29) is 18.3 Å². The van der Waals surface area contributed by atoms with Crippen molar-refractivity contribution in [3.8, 4) is 11.5 Å². The van der Waals surface area contributed by atoms with Crippen LogP contribution in [0.2, 0.25) is 0 Å². The molecule has 0 bridgehead atoms. The lowest BCUT2D eigenvalue weighted by Gasteiger charge is -2.26. The third kappa shape index (κ3) is 5.80. The fraction of sp³-hybridized carbons (Fsp3) is 0.200. The summed E-state index contributed by atoms with van der Waals surface area (Å²) in [5.74, 6) is 0.0395. The minimum atomic E-state index is -0.738. The van der Waals surface area contributed by atoms with Gasteiger partial charge in [0.25, 0.3) is 11.6 Å². The molecule has 1 aliphatic heterocycles. The summed E-state index contributed by atoms with van der Waals surface area (Å²) < 4.78 is 16.1. The van der Waals surface area contributed by atoms with Crippen molar-refractivity contribution < 1.29 is 28.7 Å². The molecule has 1 atom stereocenters. The van der Waals surface area contributed by atoms with E-state index >= 15 is 0 Å². The van der Waals surface area contributed by atoms with Crippen LogP contribution in [0, 0.1) is 10.1 Å². The highest BCUT2D eigenvalue weighted by Crippen LogP contribution is 2.30. The van der Waals surface area contributed by atoms with E-state index in [1.54, 1.807) is 18.2 Å². The zero-order valence-electron chi connectivity index (χ0n) is 15.3. The van der Waals surface area contributed by atoms with E-state index in [0.29, 0.717) is 23.7 Å². The van der Waals surface area contributed by atoms with E-state index in [0.717, 1.165) is 6.08 Å². The number of ether oxygens (including phenoxy) is 3. The number of nitro groups is 1. The predicted molar refractivity (Wildman–Crippen MR) is 102 cm³/mol. The molecule has 1 heterocycles. The third-order valence-electron chi connectivity index (χ3n) is 3.93. The quantitative estimate of drug-likeness (QED) is 0.328. The van der Waals surface area contributed by atoms with Crippen LogP contribution >= 0.6 is 0 Å². The Labute approximate surface area is 166 Å². The Morgan fingerprint density at radius 3 is 2.79 bits per heavy atom. The Morgan fingerprint density at radius 2 is 2.00 bits per heavy atom. The maximum absolute atomic E-state index is 11.8. The third-order valence-corrected chi connectivity index (χ3v) is 3.93. The average molecular weight is 398 g/mol. The zero-order chi connectivity index (χ0) is 20.6. The second-order valence-corrected chi connectivity index (χ2v) is 6.09. The molecule has 9 nitrogen and oxygen atoms in total. The zero-order valence-corrected chi connectivity index (χ0v) is 15.3. The predicted octanol–water partition coefficient (Wildman–Crippen LogP) is 2.11. The van der Waals surface area contributed by atoms with Crippen LogP contribution in [0.5, 0.6) is 11.5 Å². The summed E-state index contributed by atoms with van der Waals surface area (Å²) in [7, 11) is 0. The standard InChI is InChI=1S/C20H18N2O7/c23-19(21-11-16-12-27-17-6-1-2-7-18(17)29-16)13-28-20(24)9-8-14-4-3-5-15(10-14)22(25)26/h1-10,16H,11-13H2,(H,21,23)/b9-8+/t16-/m1/s1. The fourth-order valence-corrected chi connectivity index (χ4v) is 2.53. The molecule has 2 aromatic rings. The van der Waals surface area contributed by atoms with E-state index < -0.39 is 23.4 Å². The molecule has 0 unspecified atom stereocenters. The minimum Gasteiger partial charge on any atom is -0.486 e. The molecule has 0 saturated carbocycles. The second-order valence-electron chi connectivity index (χ2n) is 6.09. The van der Waals surface area contributed by atoms with Crippen LogP contribution in [0.1, 0.15) is 5.56 Å². The molecule has 1 N–H and O–H groups in total. The summed E-state index contributed by atoms with van der Waals surface area (Å²) >= 11 is 0. The van der Waals surface area contributed by atoms with Gasteiger partial charge in [-0.2, -0.15) is 0 Å². The molecule has 0 aliphatic carbocycles. The second kappa shape index (κ2) is 9.36. The van der Waals surface area contributed by atoms with Gasteiger partial charge in [-0.3, -0.25) is 14.9 Å². The number of carbonyl (C=O) groups is 2. The number of hydrogen-bond donors (Lipinski definition) is 1. The summed E-state index contributed by atoms with van der Waals surface area (Å²) in [5, 5.41) is 13.3. The van der Waals surface area contributed by atoms with Crippen molar-refractivity contribution in [3.63, 3.8) is 0 Å². The molecule has 1 aliphatic rings. The number of carbonyl (C=O) groups excluding carboxylic acids is 2. The highest BCUT2D eigenvalue weighted by Gasteiger charge is 2.21. The lowest BCUT2D eigenvalue weighted by Crippen LogP contribution is -2.42. The van der Waals surface area contributed by atoms with Crippen molar-refractivity contribution in [2.24, 2.45) is 0 Å². The largest absolute Gasteiger partial charge is 0.486 e. The number of rotatable bonds is 7. The lowest BCUT2D eigenvalue weighted by atomic mass is 10.2. The van der Waals surface area contributed by atoms with Crippen molar-refractivity contribution in [2.75, 3.05) is 19.8 Å². The Morgan fingerprint density at radius 1 is 1.21 bits per heavy atom. The Kier molecular flexibility index (Phi) is 6.41. The number of nitrogens with one attached hydrogen (secondary N) is 1. The minimum absolute atomic E-state index is 0.0866. The maximum atomic E-state index is 11.8. The molecule has 0 saturated heterocycles. The monoisotopic (exact) mass is 398 g/mol. The van der Waals surface area contributed by atoms with Gasteiger partial charge < -0.3 is 19.5 Å². The van der Waals surface area contributed by atoms with Gasteiger partial charge in [-0.25, -0.2) is 4.79 Å². The van der Waals surface area contributed by atoms with E-state index in [4.69, 9.17) is 14.2 Å². The van der Waals surface area contributed by atoms with Gasteiger partial charge in [-0.05, 0) is 23.8 Å². The molecule has 0 spiro atoms. The summed E-state index contributed by atoms with van der Waals surface area (Å²) in [6, 6.07) is 13.0. The molecule has 3 rings (SSSR count).